The normalized spacial score (nSPS) is 10.4. The van der Waals surface area contributed by atoms with Crippen LogP contribution < -0.4 is 11.0 Å². The number of rotatable bonds is 3. The van der Waals surface area contributed by atoms with E-state index in [2.05, 4.69) is 9.97 Å². The van der Waals surface area contributed by atoms with E-state index in [9.17, 15) is 9.59 Å². The van der Waals surface area contributed by atoms with Gasteiger partial charge in [-0.3, -0.25) is 9.59 Å². The Labute approximate surface area is 99.3 Å². The maximum Gasteiger partial charge on any atom is 0.251 e. The fourth-order valence-corrected chi connectivity index (χ4v) is 1.82. The van der Waals surface area contributed by atoms with Crippen molar-refractivity contribution in [2.75, 3.05) is 0 Å². The van der Waals surface area contributed by atoms with Gasteiger partial charge >= 0.3 is 0 Å². The molecule has 0 bridgehead atoms. The van der Waals surface area contributed by atoms with E-state index in [4.69, 9.17) is 9.52 Å². The number of aromatic amines is 1. The lowest BCUT2D eigenvalue weighted by molar-refractivity contribution is 0.419. The van der Waals surface area contributed by atoms with E-state index < -0.39 is 11.2 Å². The minimum Gasteiger partial charge on any atom is -0.502 e. The van der Waals surface area contributed by atoms with Crippen molar-refractivity contribution in [3.8, 4) is 5.75 Å². The monoisotopic (exact) mass is 252 g/mol. The summed E-state index contributed by atoms with van der Waals surface area (Å²) in [6.45, 7) is 0. The van der Waals surface area contributed by atoms with E-state index in [1.54, 1.807) is 0 Å². The van der Waals surface area contributed by atoms with E-state index in [-0.39, 0.29) is 5.56 Å². The first kappa shape index (κ1) is 11.5. The van der Waals surface area contributed by atoms with Gasteiger partial charge in [0.2, 0.25) is 5.43 Å². The fourth-order valence-electron chi connectivity index (χ4n) is 1.08. The summed E-state index contributed by atoms with van der Waals surface area (Å²) in [5, 5.41) is 9.43. The van der Waals surface area contributed by atoms with Crippen LogP contribution in [0.15, 0.2) is 43.8 Å². The molecular formula is C10H8N2O4S. The number of H-pyrrole nitrogens is 1. The summed E-state index contributed by atoms with van der Waals surface area (Å²) in [4.78, 5) is 28.6. The average molecular weight is 252 g/mol. The van der Waals surface area contributed by atoms with Crippen molar-refractivity contribution in [3.05, 3.63) is 50.9 Å². The topological polar surface area (TPSA) is 96.2 Å². The minimum atomic E-state index is -0.499. The van der Waals surface area contributed by atoms with Crippen LogP contribution >= 0.6 is 11.8 Å². The van der Waals surface area contributed by atoms with Gasteiger partial charge in [-0.05, 0) is 0 Å². The molecular weight excluding hydrogens is 244 g/mol. The smallest absolute Gasteiger partial charge is 0.251 e. The van der Waals surface area contributed by atoms with Crippen LogP contribution in [-0.4, -0.2) is 15.1 Å². The number of aromatic nitrogens is 2. The van der Waals surface area contributed by atoms with Crippen molar-refractivity contribution in [1.29, 1.82) is 0 Å². The molecule has 0 saturated heterocycles. The van der Waals surface area contributed by atoms with Gasteiger partial charge in [-0.25, -0.2) is 4.98 Å². The lowest BCUT2D eigenvalue weighted by Crippen LogP contribution is -2.05. The van der Waals surface area contributed by atoms with Crippen molar-refractivity contribution >= 4 is 11.8 Å². The summed E-state index contributed by atoms with van der Waals surface area (Å²) in [5.74, 6) is 0.303. The second kappa shape index (κ2) is 4.88. The summed E-state index contributed by atoms with van der Waals surface area (Å²) in [7, 11) is 0. The average Bonchev–Trinajstić information content (AvgIpc) is 2.31. The molecule has 2 aromatic rings. The Morgan fingerprint density at radius 2 is 2.29 bits per heavy atom. The highest BCUT2D eigenvalue weighted by molar-refractivity contribution is 7.98. The third kappa shape index (κ3) is 2.97. The van der Waals surface area contributed by atoms with E-state index in [0.717, 1.165) is 6.26 Å². The van der Waals surface area contributed by atoms with Gasteiger partial charge < -0.3 is 14.5 Å². The number of aromatic hydroxyl groups is 1. The van der Waals surface area contributed by atoms with E-state index in [1.165, 1.54) is 30.1 Å². The first-order valence-electron chi connectivity index (χ1n) is 4.64. The Morgan fingerprint density at radius 3 is 3.00 bits per heavy atom. The minimum absolute atomic E-state index is 0.241. The van der Waals surface area contributed by atoms with Crippen LogP contribution in [0.3, 0.4) is 0 Å². The van der Waals surface area contributed by atoms with Gasteiger partial charge in [-0.2, -0.15) is 0 Å². The molecule has 2 aromatic heterocycles. The zero-order valence-electron chi connectivity index (χ0n) is 8.54. The molecule has 88 valence electrons. The highest BCUT2D eigenvalue weighted by atomic mass is 32.2. The Bertz CT molecular complexity index is 634. The molecule has 7 heteroatoms. The number of thioether (sulfide) groups is 1. The summed E-state index contributed by atoms with van der Waals surface area (Å²) < 4.78 is 5.00. The van der Waals surface area contributed by atoms with Gasteiger partial charge in [-0.1, -0.05) is 11.8 Å². The third-order valence-electron chi connectivity index (χ3n) is 1.87. The number of hydrogen-bond donors (Lipinski definition) is 2. The quantitative estimate of drug-likeness (QED) is 0.617. The number of nitrogens with one attached hydrogen (secondary N) is 1. The Kier molecular flexibility index (Phi) is 3.29. The van der Waals surface area contributed by atoms with Gasteiger partial charge in [0, 0.05) is 18.3 Å². The van der Waals surface area contributed by atoms with Crippen molar-refractivity contribution < 1.29 is 9.52 Å². The maximum absolute atomic E-state index is 11.1. The zero-order chi connectivity index (χ0) is 12.3. The van der Waals surface area contributed by atoms with Crippen LogP contribution in [0, 0.1) is 0 Å². The van der Waals surface area contributed by atoms with Crippen molar-refractivity contribution in [2.45, 2.75) is 10.9 Å². The molecule has 2 N–H and O–H groups in total. The lowest BCUT2D eigenvalue weighted by Gasteiger charge is -1.99. The largest absolute Gasteiger partial charge is 0.502 e. The zero-order valence-corrected chi connectivity index (χ0v) is 9.36. The van der Waals surface area contributed by atoms with Crippen molar-refractivity contribution in [1.82, 2.24) is 9.97 Å². The molecule has 0 aliphatic heterocycles. The van der Waals surface area contributed by atoms with E-state index in [0.29, 0.717) is 16.7 Å². The van der Waals surface area contributed by atoms with Crippen LogP contribution in [0.5, 0.6) is 5.75 Å². The van der Waals surface area contributed by atoms with Crippen molar-refractivity contribution in [2.24, 2.45) is 0 Å². The SMILES string of the molecule is O=c1ccnc(SCc2cc(=O)c(O)co2)[nH]1. The van der Waals surface area contributed by atoms with Gasteiger partial charge in [0.15, 0.2) is 10.9 Å². The van der Waals surface area contributed by atoms with Gasteiger partial charge in [0.1, 0.15) is 12.0 Å². The standard InChI is InChI=1S/C10H8N2O4S/c13-7-3-6(16-4-8(7)14)5-17-10-11-2-1-9(15)12-10/h1-4,14H,5H2,(H,11,12,15). The van der Waals surface area contributed by atoms with Crippen LogP contribution in [0.4, 0.5) is 0 Å². The van der Waals surface area contributed by atoms with Crippen LogP contribution in [0.2, 0.25) is 0 Å². The van der Waals surface area contributed by atoms with Gasteiger partial charge in [-0.15, -0.1) is 0 Å². The molecule has 0 fully saturated rings. The highest BCUT2D eigenvalue weighted by Crippen LogP contribution is 2.17. The second-order valence-electron chi connectivity index (χ2n) is 3.12. The van der Waals surface area contributed by atoms with Crippen LogP contribution in [-0.2, 0) is 5.75 Å². The maximum atomic E-state index is 11.1. The second-order valence-corrected chi connectivity index (χ2v) is 4.09. The molecule has 2 rings (SSSR count). The predicted octanol–water partition coefficient (Wildman–Crippen LogP) is 0.721. The van der Waals surface area contributed by atoms with Gasteiger partial charge in [0.25, 0.3) is 5.56 Å². The van der Waals surface area contributed by atoms with Crippen LogP contribution in [0.25, 0.3) is 0 Å². The molecule has 0 spiro atoms. The number of hydrogen-bond acceptors (Lipinski definition) is 6. The first-order valence-corrected chi connectivity index (χ1v) is 5.62. The van der Waals surface area contributed by atoms with Crippen molar-refractivity contribution in [3.63, 3.8) is 0 Å². The third-order valence-corrected chi connectivity index (χ3v) is 2.78. The molecule has 0 aliphatic carbocycles. The van der Waals surface area contributed by atoms with E-state index in [1.807, 2.05) is 0 Å². The number of nitrogens with zero attached hydrogens (tertiary/aromatic N) is 1. The lowest BCUT2D eigenvalue weighted by atomic mass is 10.4. The molecule has 0 radical (unpaired) electrons. The first-order chi connectivity index (χ1) is 8.15. The molecule has 2 heterocycles. The molecule has 0 saturated carbocycles. The summed E-state index contributed by atoms with van der Waals surface area (Å²) in [5.41, 5.74) is -0.740. The highest BCUT2D eigenvalue weighted by Gasteiger charge is 2.03. The van der Waals surface area contributed by atoms with E-state index >= 15 is 0 Å². The summed E-state index contributed by atoms with van der Waals surface area (Å²) >= 11 is 1.22. The molecule has 0 unspecified atom stereocenters. The molecule has 0 atom stereocenters. The Morgan fingerprint density at radius 1 is 1.47 bits per heavy atom. The molecule has 0 amide bonds. The predicted molar refractivity (Wildman–Crippen MR) is 61.1 cm³/mol. The van der Waals surface area contributed by atoms with Crippen LogP contribution in [0.1, 0.15) is 5.76 Å². The molecule has 17 heavy (non-hydrogen) atoms. The Balaban J connectivity index is 2.10. The summed E-state index contributed by atoms with van der Waals surface area (Å²) in [6, 6.07) is 2.51. The molecule has 6 nitrogen and oxygen atoms in total. The Hall–Kier alpha value is -2.02. The summed E-state index contributed by atoms with van der Waals surface area (Å²) in [6.07, 6.45) is 2.38. The molecule has 0 aliphatic rings. The van der Waals surface area contributed by atoms with Gasteiger partial charge in [0.05, 0.1) is 5.75 Å². The molecule has 0 aromatic carbocycles. The fraction of sp³-hybridized carbons (Fsp3) is 0.100.